The number of carbonyl (C=O) groups excluding carboxylic acids is 1. The third-order valence-electron chi connectivity index (χ3n) is 2.13. The lowest BCUT2D eigenvalue weighted by Crippen LogP contribution is -2.21. The number of hydrogen-bond donors (Lipinski definition) is 0. The molecule has 0 aromatic carbocycles. The van der Waals surface area contributed by atoms with E-state index in [1.807, 2.05) is 18.7 Å². The van der Waals surface area contributed by atoms with E-state index in [1.165, 1.54) is 18.6 Å². The van der Waals surface area contributed by atoms with Crippen LogP contribution in [0.1, 0.15) is 19.8 Å². The first-order valence-electron chi connectivity index (χ1n) is 3.99. The fourth-order valence-electron chi connectivity index (χ4n) is 1.33. The highest BCUT2D eigenvalue weighted by Crippen LogP contribution is 2.26. The highest BCUT2D eigenvalue weighted by atomic mass is 32.2. The van der Waals surface area contributed by atoms with Crippen molar-refractivity contribution in [2.75, 3.05) is 11.5 Å². The van der Waals surface area contributed by atoms with Gasteiger partial charge in [0.25, 0.3) is 0 Å². The summed E-state index contributed by atoms with van der Waals surface area (Å²) < 4.78 is 0. The zero-order chi connectivity index (χ0) is 8.10. The highest BCUT2D eigenvalue weighted by Gasteiger charge is 2.19. The van der Waals surface area contributed by atoms with E-state index >= 15 is 0 Å². The molecule has 0 aromatic heterocycles. The van der Waals surface area contributed by atoms with Crippen LogP contribution in [0.15, 0.2) is 4.99 Å². The third kappa shape index (κ3) is 2.68. The van der Waals surface area contributed by atoms with Crippen LogP contribution in [0.5, 0.6) is 0 Å². The molecule has 0 aliphatic carbocycles. The van der Waals surface area contributed by atoms with Crippen molar-refractivity contribution in [3.63, 3.8) is 0 Å². The lowest BCUT2D eigenvalue weighted by molar-refractivity contribution is 0.444. The van der Waals surface area contributed by atoms with E-state index < -0.39 is 0 Å². The Morgan fingerprint density at radius 1 is 1.73 bits per heavy atom. The van der Waals surface area contributed by atoms with E-state index in [1.54, 1.807) is 6.08 Å². The number of hydrogen-bond acceptors (Lipinski definition) is 3. The molecule has 0 radical (unpaired) electrons. The molecule has 1 rings (SSSR count). The molecule has 1 fully saturated rings. The first kappa shape index (κ1) is 8.82. The van der Waals surface area contributed by atoms with Gasteiger partial charge in [0.05, 0.1) is 6.04 Å². The van der Waals surface area contributed by atoms with E-state index in [9.17, 15) is 4.79 Å². The predicted molar refractivity (Wildman–Crippen MR) is 47.6 cm³/mol. The van der Waals surface area contributed by atoms with Gasteiger partial charge in [0.15, 0.2) is 0 Å². The Hall–Kier alpha value is -0.270. The molecule has 2 atom stereocenters. The molecule has 3 heteroatoms. The molecular formula is C8H13NOS. The van der Waals surface area contributed by atoms with Gasteiger partial charge in [-0.3, -0.25) is 0 Å². The Bertz CT molecular complexity index is 159. The van der Waals surface area contributed by atoms with Gasteiger partial charge in [-0.2, -0.15) is 11.8 Å². The maximum atomic E-state index is 9.96. The monoisotopic (exact) mass is 171 g/mol. The van der Waals surface area contributed by atoms with E-state index in [0.29, 0.717) is 5.92 Å². The molecule has 0 spiro atoms. The van der Waals surface area contributed by atoms with Crippen LogP contribution in [0.4, 0.5) is 0 Å². The zero-order valence-corrected chi connectivity index (χ0v) is 7.56. The summed E-state index contributed by atoms with van der Waals surface area (Å²) in [5, 5.41) is 0. The number of aliphatic imine (C=N–C) groups is 1. The van der Waals surface area contributed by atoms with E-state index in [4.69, 9.17) is 0 Å². The summed E-state index contributed by atoms with van der Waals surface area (Å²) in [6.45, 7) is 2.00. The Labute approximate surface area is 71.5 Å². The molecule has 1 heterocycles. The number of isocyanates is 1. The van der Waals surface area contributed by atoms with Gasteiger partial charge in [-0.25, -0.2) is 9.79 Å². The second-order valence-electron chi connectivity index (χ2n) is 2.94. The quantitative estimate of drug-likeness (QED) is 0.469. The molecule has 0 bridgehead atoms. The molecule has 1 aliphatic heterocycles. The van der Waals surface area contributed by atoms with E-state index in [0.717, 1.165) is 5.75 Å². The molecule has 2 nitrogen and oxygen atoms in total. The zero-order valence-electron chi connectivity index (χ0n) is 6.75. The summed E-state index contributed by atoms with van der Waals surface area (Å²) in [5.41, 5.74) is 0. The van der Waals surface area contributed by atoms with Gasteiger partial charge in [0.2, 0.25) is 6.08 Å². The second-order valence-corrected chi connectivity index (χ2v) is 4.09. The van der Waals surface area contributed by atoms with Crippen LogP contribution in [0.3, 0.4) is 0 Å². The molecule has 62 valence electrons. The molecule has 0 aromatic rings. The predicted octanol–water partition coefficient (Wildman–Crippen LogP) is 1.85. The van der Waals surface area contributed by atoms with Crippen LogP contribution in [-0.4, -0.2) is 23.6 Å². The largest absolute Gasteiger partial charge is 0.235 e. The smallest absolute Gasteiger partial charge is 0.211 e. The van der Waals surface area contributed by atoms with Crippen LogP contribution in [0.2, 0.25) is 0 Å². The average Bonchev–Trinajstić information content (AvgIpc) is 2.07. The first-order valence-corrected chi connectivity index (χ1v) is 5.15. The lowest BCUT2D eigenvalue weighted by Gasteiger charge is -2.23. The van der Waals surface area contributed by atoms with Gasteiger partial charge in [0, 0.05) is 0 Å². The Kier molecular flexibility index (Phi) is 3.67. The average molecular weight is 171 g/mol. The molecule has 1 aliphatic rings. The number of nitrogens with zero attached hydrogens (tertiary/aromatic N) is 1. The van der Waals surface area contributed by atoms with Crippen molar-refractivity contribution < 1.29 is 4.79 Å². The van der Waals surface area contributed by atoms with Crippen molar-refractivity contribution in [3.05, 3.63) is 0 Å². The van der Waals surface area contributed by atoms with Crippen molar-refractivity contribution in [1.29, 1.82) is 0 Å². The van der Waals surface area contributed by atoms with Crippen molar-refractivity contribution in [2.45, 2.75) is 25.8 Å². The standard InChI is InChI=1S/C8H13NOS/c1-7(9-6-10)8-3-2-4-11-5-8/h7-8H,2-5H2,1H3. The SMILES string of the molecule is CC(N=C=O)C1CCCSC1. The molecular weight excluding hydrogens is 158 g/mol. The number of thioether (sulfide) groups is 1. The maximum Gasteiger partial charge on any atom is 0.235 e. The van der Waals surface area contributed by atoms with Gasteiger partial charge in [-0.1, -0.05) is 0 Å². The minimum absolute atomic E-state index is 0.181. The van der Waals surface area contributed by atoms with Crippen LogP contribution < -0.4 is 0 Å². The van der Waals surface area contributed by atoms with Gasteiger partial charge < -0.3 is 0 Å². The fourth-order valence-corrected chi connectivity index (χ4v) is 2.62. The van der Waals surface area contributed by atoms with Crippen molar-refractivity contribution in [1.82, 2.24) is 0 Å². The third-order valence-corrected chi connectivity index (χ3v) is 3.38. The van der Waals surface area contributed by atoms with Gasteiger partial charge in [-0.05, 0) is 37.2 Å². The maximum absolute atomic E-state index is 9.96. The summed E-state index contributed by atoms with van der Waals surface area (Å²) in [7, 11) is 0. The Morgan fingerprint density at radius 2 is 2.55 bits per heavy atom. The highest BCUT2D eigenvalue weighted by molar-refractivity contribution is 7.99. The van der Waals surface area contributed by atoms with E-state index in [2.05, 4.69) is 4.99 Å². The molecule has 0 saturated carbocycles. The van der Waals surface area contributed by atoms with Crippen LogP contribution in [-0.2, 0) is 4.79 Å². The molecule has 1 saturated heterocycles. The first-order chi connectivity index (χ1) is 5.34. The Morgan fingerprint density at radius 3 is 3.09 bits per heavy atom. The van der Waals surface area contributed by atoms with Crippen LogP contribution in [0.25, 0.3) is 0 Å². The lowest BCUT2D eigenvalue weighted by atomic mass is 9.98. The minimum Gasteiger partial charge on any atom is -0.211 e. The summed E-state index contributed by atoms with van der Waals surface area (Å²) in [6, 6.07) is 0.181. The van der Waals surface area contributed by atoms with Gasteiger partial charge >= 0.3 is 0 Å². The second kappa shape index (κ2) is 4.58. The summed E-state index contributed by atoms with van der Waals surface area (Å²) in [4.78, 5) is 13.7. The molecule has 0 amide bonds. The molecule has 0 N–H and O–H groups in total. The van der Waals surface area contributed by atoms with Crippen molar-refractivity contribution in [3.8, 4) is 0 Å². The number of rotatable bonds is 2. The topological polar surface area (TPSA) is 29.4 Å². The van der Waals surface area contributed by atoms with Crippen molar-refractivity contribution >= 4 is 17.8 Å². The fraction of sp³-hybridized carbons (Fsp3) is 0.875. The summed E-state index contributed by atoms with van der Waals surface area (Å²) in [5.74, 6) is 3.04. The van der Waals surface area contributed by atoms with Crippen LogP contribution >= 0.6 is 11.8 Å². The Balaban J connectivity index is 2.38. The van der Waals surface area contributed by atoms with E-state index in [-0.39, 0.29) is 6.04 Å². The summed E-state index contributed by atoms with van der Waals surface area (Å²) >= 11 is 1.97. The van der Waals surface area contributed by atoms with Crippen LogP contribution in [0, 0.1) is 5.92 Å². The summed E-state index contributed by atoms with van der Waals surface area (Å²) in [6.07, 6.45) is 4.12. The van der Waals surface area contributed by atoms with Crippen molar-refractivity contribution in [2.24, 2.45) is 10.9 Å². The van der Waals surface area contributed by atoms with Gasteiger partial charge in [0.1, 0.15) is 0 Å². The van der Waals surface area contributed by atoms with Gasteiger partial charge in [-0.15, -0.1) is 0 Å². The molecule has 11 heavy (non-hydrogen) atoms. The molecule has 2 unspecified atom stereocenters. The normalized spacial score (nSPS) is 27.2. The minimum atomic E-state index is 0.181.